The van der Waals surface area contributed by atoms with E-state index in [0.29, 0.717) is 5.88 Å². The Balaban J connectivity index is 2.99. The molecule has 60 valence electrons. The van der Waals surface area contributed by atoms with Crippen molar-refractivity contribution in [3.63, 3.8) is 0 Å². The first-order chi connectivity index (χ1) is 5.27. The number of rotatable bonds is 2. The zero-order chi connectivity index (χ0) is 8.27. The molecule has 0 saturated carbocycles. The summed E-state index contributed by atoms with van der Waals surface area (Å²) in [5.74, 6) is 1.40. The largest absolute Gasteiger partial charge is 0.495 e. The molecule has 0 N–H and O–H groups in total. The van der Waals surface area contributed by atoms with Crippen LogP contribution in [0.1, 0.15) is 5.56 Å². The van der Waals surface area contributed by atoms with Crippen LogP contribution in [0, 0.1) is 6.92 Å². The van der Waals surface area contributed by atoms with Crippen LogP contribution < -0.4 is 9.47 Å². The number of hydrogen-bond donors (Lipinski definition) is 0. The van der Waals surface area contributed by atoms with Crippen LogP contribution in [0.5, 0.6) is 11.6 Å². The average Bonchev–Trinajstić information content (AvgIpc) is 2.04. The van der Waals surface area contributed by atoms with E-state index < -0.39 is 0 Å². The Kier molecular flexibility index (Phi) is 2.31. The fourth-order valence-electron chi connectivity index (χ4n) is 0.843. The predicted molar refractivity (Wildman–Crippen MR) is 42.1 cm³/mol. The standard InChI is InChI=1S/C8H11NO2/c1-6-4-8(11-3)9-5-7(6)10-2/h4-5H,1-3H3. The number of pyridine rings is 1. The van der Waals surface area contributed by atoms with Crippen molar-refractivity contribution in [3.8, 4) is 11.6 Å². The highest BCUT2D eigenvalue weighted by Gasteiger charge is 1.99. The van der Waals surface area contributed by atoms with Crippen LogP contribution in [0.15, 0.2) is 12.3 Å². The zero-order valence-corrected chi connectivity index (χ0v) is 6.92. The first kappa shape index (κ1) is 7.85. The third-order valence-electron chi connectivity index (χ3n) is 1.47. The highest BCUT2D eigenvalue weighted by atomic mass is 16.5. The van der Waals surface area contributed by atoms with Gasteiger partial charge in [-0.15, -0.1) is 0 Å². The third kappa shape index (κ3) is 1.61. The molecule has 1 aromatic rings. The third-order valence-corrected chi connectivity index (χ3v) is 1.47. The van der Waals surface area contributed by atoms with Crippen LogP contribution in [0.3, 0.4) is 0 Å². The molecule has 1 rings (SSSR count). The van der Waals surface area contributed by atoms with E-state index in [1.807, 2.05) is 13.0 Å². The molecule has 11 heavy (non-hydrogen) atoms. The predicted octanol–water partition coefficient (Wildman–Crippen LogP) is 1.41. The Morgan fingerprint density at radius 3 is 2.45 bits per heavy atom. The van der Waals surface area contributed by atoms with Crippen LogP contribution in [0.4, 0.5) is 0 Å². The quantitative estimate of drug-likeness (QED) is 0.643. The molecular weight excluding hydrogens is 142 g/mol. The number of ether oxygens (including phenoxy) is 2. The van der Waals surface area contributed by atoms with Crippen LogP contribution in [-0.2, 0) is 0 Å². The second-order valence-corrected chi connectivity index (χ2v) is 2.20. The molecule has 0 saturated heterocycles. The number of hydrogen-bond acceptors (Lipinski definition) is 3. The van der Waals surface area contributed by atoms with Gasteiger partial charge < -0.3 is 9.47 Å². The Morgan fingerprint density at radius 2 is 2.00 bits per heavy atom. The van der Waals surface area contributed by atoms with Crippen molar-refractivity contribution < 1.29 is 9.47 Å². The zero-order valence-electron chi connectivity index (χ0n) is 6.92. The van der Waals surface area contributed by atoms with Crippen molar-refractivity contribution in [3.05, 3.63) is 17.8 Å². The van der Waals surface area contributed by atoms with E-state index in [9.17, 15) is 0 Å². The summed E-state index contributed by atoms with van der Waals surface area (Å²) in [5.41, 5.74) is 1.03. The number of methoxy groups -OCH3 is 2. The molecule has 0 unspecified atom stereocenters. The molecule has 1 heterocycles. The van der Waals surface area contributed by atoms with Gasteiger partial charge in [-0.2, -0.15) is 0 Å². The summed E-state index contributed by atoms with van der Waals surface area (Å²) in [6, 6.07) is 1.83. The van der Waals surface area contributed by atoms with Gasteiger partial charge in [0, 0.05) is 6.07 Å². The minimum absolute atomic E-state index is 0.614. The molecule has 0 fully saturated rings. The van der Waals surface area contributed by atoms with Crippen LogP contribution in [0.25, 0.3) is 0 Å². The Morgan fingerprint density at radius 1 is 1.27 bits per heavy atom. The lowest BCUT2D eigenvalue weighted by molar-refractivity contribution is 0.385. The lowest BCUT2D eigenvalue weighted by atomic mass is 10.3. The van der Waals surface area contributed by atoms with Gasteiger partial charge >= 0.3 is 0 Å². The van der Waals surface area contributed by atoms with Crippen molar-refractivity contribution in [1.29, 1.82) is 0 Å². The molecular formula is C8H11NO2. The monoisotopic (exact) mass is 153 g/mol. The van der Waals surface area contributed by atoms with Gasteiger partial charge in [-0.1, -0.05) is 0 Å². The summed E-state index contributed by atoms with van der Waals surface area (Å²) in [6.07, 6.45) is 1.65. The van der Waals surface area contributed by atoms with E-state index in [-0.39, 0.29) is 0 Å². The smallest absolute Gasteiger partial charge is 0.213 e. The number of aromatic nitrogens is 1. The first-order valence-electron chi connectivity index (χ1n) is 3.32. The first-order valence-corrected chi connectivity index (χ1v) is 3.32. The molecule has 1 aromatic heterocycles. The molecule has 0 spiro atoms. The van der Waals surface area contributed by atoms with E-state index in [1.54, 1.807) is 20.4 Å². The van der Waals surface area contributed by atoms with Gasteiger partial charge in [-0.05, 0) is 12.5 Å². The normalized spacial score (nSPS) is 9.36. The maximum absolute atomic E-state index is 5.03. The average molecular weight is 153 g/mol. The van der Waals surface area contributed by atoms with Gasteiger partial charge in [0.2, 0.25) is 5.88 Å². The fourth-order valence-corrected chi connectivity index (χ4v) is 0.843. The summed E-state index contributed by atoms with van der Waals surface area (Å²) in [5, 5.41) is 0. The molecule has 3 nitrogen and oxygen atoms in total. The molecule has 0 aromatic carbocycles. The number of aryl methyl sites for hydroxylation is 1. The molecule has 0 amide bonds. The second-order valence-electron chi connectivity index (χ2n) is 2.20. The highest BCUT2D eigenvalue weighted by Crippen LogP contribution is 2.19. The van der Waals surface area contributed by atoms with E-state index in [2.05, 4.69) is 4.98 Å². The molecule has 0 aliphatic rings. The Bertz CT molecular complexity index is 248. The van der Waals surface area contributed by atoms with Gasteiger partial charge in [0.25, 0.3) is 0 Å². The summed E-state index contributed by atoms with van der Waals surface area (Å²) < 4.78 is 9.95. The summed E-state index contributed by atoms with van der Waals surface area (Å²) in [6.45, 7) is 1.95. The van der Waals surface area contributed by atoms with Crippen molar-refractivity contribution in [2.24, 2.45) is 0 Å². The topological polar surface area (TPSA) is 31.4 Å². The second kappa shape index (κ2) is 3.23. The van der Waals surface area contributed by atoms with Crippen LogP contribution >= 0.6 is 0 Å². The van der Waals surface area contributed by atoms with Crippen LogP contribution in [-0.4, -0.2) is 19.2 Å². The van der Waals surface area contributed by atoms with E-state index in [4.69, 9.17) is 9.47 Å². The maximum Gasteiger partial charge on any atom is 0.213 e. The van der Waals surface area contributed by atoms with Gasteiger partial charge in [0.05, 0.1) is 20.4 Å². The van der Waals surface area contributed by atoms with E-state index in [1.165, 1.54) is 0 Å². The molecule has 0 bridgehead atoms. The summed E-state index contributed by atoms with van der Waals surface area (Å²) >= 11 is 0. The summed E-state index contributed by atoms with van der Waals surface area (Å²) in [4.78, 5) is 3.98. The lowest BCUT2D eigenvalue weighted by Gasteiger charge is -2.04. The minimum Gasteiger partial charge on any atom is -0.495 e. The molecule has 0 aliphatic heterocycles. The van der Waals surface area contributed by atoms with Gasteiger partial charge in [0.15, 0.2) is 0 Å². The molecule has 0 atom stereocenters. The van der Waals surface area contributed by atoms with Gasteiger partial charge in [0.1, 0.15) is 5.75 Å². The van der Waals surface area contributed by atoms with Crippen molar-refractivity contribution >= 4 is 0 Å². The Labute approximate surface area is 66.0 Å². The van der Waals surface area contributed by atoms with Crippen molar-refractivity contribution in [2.45, 2.75) is 6.92 Å². The summed E-state index contributed by atoms with van der Waals surface area (Å²) in [7, 11) is 3.21. The molecule has 0 aliphatic carbocycles. The molecule has 3 heteroatoms. The Hall–Kier alpha value is -1.25. The minimum atomic E-state index is 0.614. The highest BCUT2D eigenvalue weighted by molar-refractivity contribution is 5.33. The van der Waals surface area contributed by atoms with Gasteiger partial charge in [-0.25, -0.2) is 4.98 Å². The maximum atomic E-state index is 5.03. The van der Waals surface area contributed by atoms with Crippen molar-refractivity contribution in [1.82, 2.24) is 4.98 Å². The van der Waals surface area contributed by atoms with Gasteiger partial charge in [-0.3, -0.25) is 0 Å². The molecule has 0 radical (unpaired) electrons. The van der Waals surface area contributed by atoms with E-state index >= 15 is 0 Å². The number of nitrogens with zero attached hydrogens (tertiary/aromatic N) is 1. The SMILES string of the molecule is COc1cc(C)c(OC)cn1. The fraction of sp³-hybridized carbons (Fsp3) is 0.375. The van der Waals surface area contributed by atoms with E-state index in [0.717, 1.165) is 11.3 Å². The van der Waals surface area contributed by atoms with Crippen molar-refractivity contribution in [2.75, 3.05) is 14.2 Å². The lowest BCUT2D eigenvalue weighted by Crippen LogP contribution is -1.91. The van der Waals surface area contributed by atoms with Crippen LogP contribution in [0.2, 0.25) is 0 Å².